The molecule has 4 nitrogen and oxygen atoms in total. The van der Waals surface area contributed by atoms with Gasteiger partial charge in [-0.2, -0.15) is 0 Å². The third-order valence-corrected chi connectivity index (χ3v) is 3.48. The van der Waals surface area contributed by atoms with Gasteiger partial charge >= 0.3 is 0 Å². The molecule has 1 aromatic rings. The molecule has 0 radical (unpaired) electrons. The number of rotatable bonds is 4. The van der Waals surface area contributed by atoms with Crippen LogP contribution in [-0.4, -0.2) is 13.0 Å². The number of carbonyl (C=O) groups is 1. The Kier molecular flexibility index (Phi) is 6.86. The Labute approximate surface area is 127 Å². The minimum atomic E-state index is 0. The zero-order valence-corrected chi connectivity index (χ0v) is 13.6. The molecule has 0 heterocycles. The lowest BCUT2D eigenvalue weighted by atomic mass is 9.80. The van der Waals surface area contributed by atoms with E-state index in [4.69, 9.17) is 10.5 Å². The zero-order chi connectivity index (χ0) is 14.6. The quantitative estimate of drug-likeness (QED) is 0.833. The van der Waals surface area contributed by atoms with Crippen LogP contribution in [-0.2, 0) is 4.79 Å². The minimum absolute atomic E-state index is 0. The van der Waals surface area contributed by atoms with Crippen LogP contribution < -0.4 is 15.8 Å². The van der Waals surface area contributed by atoms with Crippen LogP contribution in [0.25, 0.3) is 0 Å². The Balaban J connectivity index is 0.00000361. The van der Waals surface area contributed by atoms with Crippen molar-refractivity contribution in [3.8, 4) is 5.75 Å². The summed E-state index contributed by atoms with van der Waals surface area (Å²) in [6, 6.07) is 5.24. The first kappa shape index (κ1) is 18.6. The molecule has 20 heavy (non-hydrogen) atoms. The topological polar surface area (TPSA) is 64.3 Å². The first-order valence-corrected chi connectivity index (χ1v) is 6.47. The van der Waals surface area contributed by atoms with Crippen molar-refractivity contribution < 1.29 is 9.53 Å². The number of nitrogen functional groups attached to an aromatic ring is 1. The minimum Gasteiger partial charge on any atom is -0.495 e. The van der Waals surface area contributed by atoms with E-state index >= 15 is 0 Å². The summed E-state index contributed by atoms with van der Waals surface area (Å²) >= 11 is 0. The van der Waals surface area contributed by atoms with E-state index in [-0.39, 0.29) is 23.7 Å². The van der Waals surface area contributed by atoms with Crippen LogP contribution in [0.3, 0.4) is 0 Å². The fourth-order valence-electron chi connectivity index (χ4n) is 1.61. The molecule has 5 heteroatoms. The molecule has 0 spiro atoms. The summed E-state index contributed by atoms with van der Waals surface area (Å²) in [5, 5.41) is 2.86. The van der Waals surface area contributed by atoms with E-state index < -0.39 is 0 Å². The summed E-state index contributed by atoms with van der Waals surface area (Å²) in [6.07, 6.45) is 0.495. The highest BCUT2D eigenvalue weighted by Crippen LogP contribution is 2.29. The number of carbonyl (C=O) groups excluding carboxylic acids is 1. The first-order chi connectivity index (χ1) is 8.74. The number of hydrogen-bond donors (Lipinski definition) is 2. The number of ether oxygens (including phenoxy) is 1. The summed E-state index contributed by atoms with van der Waals surface area (Å²) < 4.78 is 5.08. The lowest BCUT2D eigenvalue weighted by Gasteiger charge is -2.26. The monoisotopic (exact) mass is 300 g/mol. The van der Waals surface area contributed by atoms with Crippen molar-refractivity contribution in [3.63, 3.8) is 0 Å². The van der Waals surface area contributed by atoms with Crippen LogP contribution >= 0.6 is 12.4 Å². The maximum absolute atomic E-state index is 12.0. The average molecular weight is 301 g/mol. The van der Waals surface area contributed by atoms with Crippen LogP contribution in [0.4, 0.5) is 11.4 Å². The van der Waals surface area contributed by atoms with E-state index in [0.29, 0.717) is 29.5 Å². The van der Waals surface area contributed by atoms with Gasteiger partial charge in [-0.25, -0.2) is 0 Å². The average Bonchev–Trinajstić information content (AvgIpc) is 2.27. The Bertz CT molecular complexity index is 456. The number of amides is 1. The summed E-state index contributed by atoms with van der Waals surface area (Å²) in [7, 11) is 1.56. The van der Waals surface area contributed by atoms with Crippen LogP contribution in [0.15, 0.2) is 18.2 Å². The lowest BCUT2D eigenvalue weighted by Crippen LogP contribution is -2.23. The van der Waals surface area contributed by atoms with E-state index in [1.807, 2.05) is 0 Å². The van der Waals surface area contributed by atoms with Gasteiger partial charge in [-0.15, -0.1) is 12.4 Å². The molecule has 1 unspecified atom stereocenters. The molecule has 0 saturated carbocycles. The molecule has 1 atom stereocenters. The molecule has 0 aliphatic carbocycles. The smallest absolute Gasteiger partial charge is 0.224 e. The fourth-order valence-corrected chi connectivity index (χ4v) is 1.61. The summed E-state index contributed by atoms with van der Waals surface area (Å²) in [5.74, 6) is 0.927. The van der Waals surface area contributed by atoms with Gasteiger partial charge in [0.15, 0.2) is 0 Å². The van der Waals surface area contributed by atoms with Crippen molar-refractivity contribution in [1.82, 2.24) is 0 Å². The van der Waals surface area contributed by atoms with Gasteiger partial charge in [-0.3, -0.25) is 4.79 Å². The van der Waals surface area contributed by atoms with E-state index in [2.05, 4.69) is 33.0 Å². The Morgan fingerprint density at radius 1 is 1.40 bits per heavy atom. The number of halogens is 1. The molecule has 1 amide bonds. The Hall–Kier alpha value is -1.42. The largest absolute Gasteiger partial charge is 0.495 e. The fraction of sp³-hybridized carbons (Fsp3) is 0.533. The van der Waals surface area contributed by atoms with Gasteiger partial charge < -0.3 is 15.8 Å². The second-order valence-electron chi connectivity index (χ2n) is 5.98. The van der Waals surface area contributed by atoms with Crippen molar-refractivity contribution in [1.29, 1.82) is 0 Å². The van der Waals surface area contributed by atoms with Gasteiger partial charge in [0.1, 0.15) is 5.75 Å². The molecule has 0 fully saturated rings. The van der Waals surface area contributed by atoms with Crippen molar-refractivity contribution in [3.05, 3.63) is 18.2 Å². The van der Waals surface area contributed by atoms with Gasteiger partial charge in [0.2, 0.25) is 5.91 Å². The molecular formula is C15H25ClN2O2. The Morgan fingerprint density at radius 3 is 2.45 bits per heavy atom. The number of benzene rings is 1. The molecule has 114 valence electrons. The number of nitrogens with two attached hydrogens (primary N) is 1. The van der Waals surface area contributed by atoms with E-state index in [1.165, 1.54) is 0 Å². The number of hydrogen-bond acceptors (Lipinski definition) is 3. The van der Waals surface area contributed by atoms with Crippen molar-refractivity contribution in [2.45, 2.75) is 34.1 Å². The predicted octanol–water partition coefficient (Wildman–Crippen LogP) is 3.71. The first-order valence-electron chi connectivity index (χ1n) is 6.47. The number of anilines is 2. The van der Waals surface area contributed by atoms with Crippen LogP contribution in [0, 0.1) is 11.3 Å². The summed E-state index contributed by atoms with van der Waals surface area (Å²) in [6.45, 7) is 8.49. The van der Waals surface area contributed by atoms with Crippen molar-refractivity contribution >= 4 is 29.7 Å². The lowest BCUT2D eigenvalue weighted by molar-refractivity contribution is -0.117. The normalized spacial score (nSPS) is 12.2. The van der Waals surface area contributed by atoms with E-state index in [9.17, 15) is 4.79 Å². The van der Waals surface area contributed by atoms with Crippen LogP contribution in [0.2, 0.25) is 0 Å². The highest BCUT2D eigenvalue weighted by Gasteiger charge is 2.22. The maximum Gasteiger partial charge on any atom is 0.224 e. The third-order valence-electron chi connectivity index (χ3n) is 3.48. The van der Waals surface area contributed by atoms with Gasteiger partial charge in [0.05, 0.1) is 12.8 Å². The second kappa shape index (κ2) is 7.39. The molecule has 0 saturated heterocycles. The zero-order valence-electron chi connectivity index (χ0n) is 12.8. The van der Waals surface area contributed by atoms with Gasteiger partial charge in [0, 0.05) is 12.1 Å². The number of nitrogens with one attached hydrogen (secondary N) is 1. The molecule has 1 rings (SSSR count). The van der Waals surface area contributed by atoms with Crippen molar-refractivity contribution in [2.75, 3.05) is 18.2 Å². The Morgan fingerprint density at radius 2 is 2.00 bits per heavy atom. The highest BCUT2D eigenvalue weighted by atomic mass is 35.5. The van der Waals surface area contributed by atoms with Crippen molar-refractivity contribution in [2.24, 2.45) is 11.3 Å². The van der Waals surface area contributed by atoms with E-state index in [0.717, 1.165) is 0 Å². The SMILES string of the molecule is COc1ccc(NC(=O)CC(C)C(C)(C)C)cc1N.Cl. The third kappa shape index (κ3) is 5.29. The molecule has 0 bridgehead atoms. The molecular weight excluding hydrogens is 276 g/mol. The van der Waals surface area contributed by atoms with Crippen LogP contribution in [0.5, 0.6) is 5.75 Å². The van der Waals surface area contributed by atoms with E-state index in [1.54, 1.807) is 25.3 Å². The van der Waals surface area contributed by atoms with Crippen LogP contribution in [0.1, 0.15) is 34.1 Å². The van der Waals surface area contributed by atoms with Gasteiger partial charge in [0.25, 0.3) is 0 Å². The number of methoxy groups -OCH3 is 1. The molecule has 3 N–H and O–H groups in total. The molecule has 0 aliphatic rings. The summed E-state index contributed by atoms with van der Waals surface area (Å²) in [5.41, 5.74) is 7.14. The second-order valence-corrected chi connectivity index (χ2v) is 5.98. The predicted molar refractivity (Wildman–Crippen MR) is 86.5 cm³/mol. The molecule has 1 aromatic carbocycles. The van der Waals surface area contributed by atoms with Gasteiger partial charge in [-0.1, -0.05) is 27.7 Å². The maximum atomic E-state index is 12.0. The highest BCUT2D eigenvalue weighted by molar-refractivity contribution is 5.91. The standard InChI is InChI=1S/C15H24N2O2.ClH/c1-10(15(2,3)4)8-14(18)17-11-6-7-13(19-5)12(16)9-11;/h6-7,9-10H,8,16H2,1-5H3,(H,17,18);1H. The van der Waals surface area contributed by atoms with Gasteiger partial charge in [-0.05, 0) is 29.5 Å². The molecule has 0 aromatic heterocycles. The molecule has 0 aliphatic heterocycles. The summed E-state index contributed by atoms with van der Waals surface area (Å²) in [4.78, 5) is 12.0.